The molecule has 0 N–H and O–H groups in total. The van der Waals surface area contributed by atoms with Gasteiger partial charge in [0.2, 0.25) is 0 Å². The van der Waals surface area contributed by atoms with Crippen LogP contribution in [0.2, 0.25) is 0 Å². The van der Waals surface area contributed by atoms with E-state index in [9.17, 15) is 0 Å². The summed E-state index contributed by atoms with van der Waals surface area (Å²) in [5.41, 5.74) is 0. The Hall–Kier alpha value is -0.330. The lowest BCUT2D eigenvalue weighted by atomic mass is 10.4. The molecule has 0 unspecified atom stereocenters. The van der Waals surface area contributed by atoms with Crippen molar-refractivity contribution in [3.05, 3.63) is 0 Å². The van der Waals surface area contributed by atoms with Crippen LogP contribution in [0.15, 0.2) is 4.99 Å². The van der Waals surface area contributed by atoms with Crippen LogP contribution in [0, 0.1) is 0 Å². The summed E-state index contributed by atoms with van der Waals surface area (Å²) in [6.45, 7) is 6.04. The Bertz CT molecular complexity index is 45.9. The monoisotopic (exact) mass is 85.1 g/mol. The van der Waals surface area contributed by atoms with Crippen LogP contribution < -0.4 is 0 Å². The third-order valence-corrected chi connectivity index (χ3v) is 0.447. The van der Waals surface area contributed by atoms with E-state index < -0.39 is 0 Å². The summed E-state index contributed by atoms with van der Waals surface area (Å²) in [4.78, 5) is 4.00. The molecule has 0 aliphatic rings. The molecule has 0 fully saturated rings. The molecule has 0 aliphatic heterocycles. The molecule has 0 heterocycles. The minimum Gasteiger partial charge on any atom is -0.295 e. The maximum absolute atomic E-state index is 4.00. The van der Waals surface area contributed by atoms with Gasteiger partial charge in [-0.25, -0.2) is 0 Å². The van der Waals surface area contributed by atoms with Crippen molar-refractivity contribution >= 4 is 6.21 Å². The number of hydrogen-bond donors (Lipinski definition) is 0. The van der Waals surface area contributed by atoms with Crippen LogP contribution in [0.3, 0.4) is 0 Å². The van der Waals surface area contributed by atoms with E-state index in [2.05, 4.69) is 18.8 Å². The van der Waals surface area contributed by atoms with Gasteiger partial charge in [0.05, 0.1) is 0 Å². The molecule has 0 saturated heterocycles. The lowest BCUT2D eigenvalue weighted by molar-refractivity contribution is 0.840. The second-order valence-electron chi connectivity index (χ2n) is 1.50. The van der Waals surface area contributed by atoms with Gasteiger partial charge >= 0.3 is 0 Å². The van der Waals surface area contributed by atoms with E-state index in [-0.39, 0.29) is 0 Å². The first-order valence-electron chi connectivity index (χ1n) is 2.25. The van der Waals surface area contributed by atoms with Gasteiger partial charge in [-0.2, -0.15) is 0 Å². The molecule has 0 bridgehead atoms. The van der Waals surface area contributed by atoms with E-state index in [1.165, 1.54) is 0 Å². The standard InChI is InChI=1S/C5H11N/c1-4-6-5(2)3/h4-5H,1-3H3/b6-4+. The van der Waals surface area contributed by atoms with Crippen LogP contribution in [0.1, 0.15) is 20.8 Å². The Balaban J connectivity index is 3.03. The van der Waals surface area contributed by atoms with E-state index in [1.54, 1.807) is 0 Å². The minimum atomic E-state index is 0.468. The quantitative estimate of drug-likeness (QED) is 0.428. The largest absolute Gasteiger partial charge is 0.295 e. The van der Waals surface area contributed by atoms with Crippen LogP contribution >= 0.6 is 0 Å². The Labute approximate surface area is 39.1 Å². The van der Waals surface area contributed by atoms with Crippen molar-refractivity contribution in [3.63, 3.8) is 0 Å². The second-order valence-corrected chi connectivity index (χ2v) is 1.50. The molecule has 0 radical (unpaired) electrons. The maximum atomic E-state index is 4.00. The van der Waals surface area contributed by atoms with Gasteiger partial charge in [0.25, 0.3) is 0 Å². The van der Waals surface area contributed by atoms with Gasteiger partial charge in [-0.3, -0.25) is 4.99 Å². The predicted octanol–water partition coefficient (Wildman–Crippen LogP) is 1.49. The van der Waals surface area contributed by atoms with Gasteiger partial charge in [-0.15, -0.1) is 0 Å². The molecule has 0 spiro atoms. The van der Waals surface area contributed by atoms with E-state index >= 15 is 0 Å². The van der Waals surface area contributed by atoms with Gasteiger partial charge in [-0.05, 0) is 27.0 Å². The summed E-state index contributed by atoms with van der Waals surface area (Å²) in [6.07, 6.45) is 1.82. The number of aliphatic imine (C=N–C) groups is 1. The first-order valence-corrected chi connectivity index (χ1v) is 2.25. The minimum absolute atomic E-state index is 0.468. The first-order chi connectivity index (χ1) is 2.77. The van der Waals surface area contributed by atoms with Crippen molar-refractivity contribution in [1.29, 1.82) is 0 Å². The third kappa shape index (κ3) is 3.67. The zero-order valence-corrected chi connectivity index (χ0v) is 4.60. The van der Waals surface area contributed by atoms with Crippen LogP contribution in [-0.4, -0.2) is 12.3 Å². The molecular weight excluding hydrogens is 74.1 g/mol. The molecular formula is C5H11N. The van der Waals surface area contributed by atoms with Gasteiger partial charge in [0.1, 0.15) is 0 Å². The Morgan fingerprint density at radius 2 is 2.00 bits per heavy atom. The molecule has 0 atom stereocenters. The lowest BCUT2D eigenvalue weighted by Crippen LogP contribution is -1.85. The Morgan fingerprint density at radius 1 is 1.50 bits per heavy atom. The molecule has 0 aliphatic carbocycles. The maximum Gasteiger partial charge on any atom is 0.0439 e. The Morgan fingerprint density at radius 3 is 2.00 bits per heavy atom. The van der Waals surface area contributed by atoms with Crippen molar-refractivity contribution in [3.8, 4) is 0 Å². The second kappa shape index (κ2) is 2.88. The van der Waals surface area contributed by atoms with Gasteiger partial charge in [-0.1, -0.05) is 0 Å². The van der Waals surface area contributed by atoms with E-state index in [4.69, 9.17) is 0 Å². The summed E-state index contributed by atoms with van der Waals surface area (Å²) in [6, 6.07) is 0.468. The van der Waals surface area contributed by atoms with Gasteiger partial charge < -0.3 is 0 Å². The third-order valence-electron chi connectivity index (χ3n) is 0.447. The zero-order valence-electron chi connectivity index (χ0n) is 4.60. The summed E-state index contributed by atoms with van der Waals surface area (Å²) < 4.78 is 0. The Kier molecular flexibility index (Phi) is 2.73. The summed E-state index contributed by atoms with van der Waals surface area (Å²) in [7, 11) is 0. The fourth-order valence-electron chi connectivity index (χ4n) is 0.298. The SMILES string of the molecule is C/C=N/C(C)C. The lowest BCUT2D eigenvalue weighted by Gasteiger charge is -1.88. The smallest absolute Gasteiger partial charge is 0.0439 e. The number of rotatable bonds is 1. The van der Waals surface area contributed by atoms with Crippen LogP contribution in [0.25, 0.3) is 0 Å². The average molecular weight is 85.2 g/mol. The fraction of sp³-hybridized carbons (Fsp3) is 0.800. The normalized spacial score (nSPS) is 11.3. The fourth-order valence-corrected chi connectivity index (χ4v) is 0.298. The van der Waals surface area contributed by atoms with Gasteiger partial charge in [0.15, 0.2) is 0 Å². The van der Waals surface area contributed by atoms with Crippen LogP contribution in [-0.2, 0) is 0 Å². The number of hydrogen-bond acceptors (Lipinski definition) is 1. The molecule has 0 aromatic heterocycles. The van der Waals surface area contributed by atoms with Crippen LogP contribution in [0.4, 0.5) is 0 Å². The highest BCUT2D eigenvalue weighted by atomic mass is 14.7. The van der Waals surface area contributed by atoms with Crippen molar-refractivity contribution in [2.24, 2.45) is 4.99 Å². The van der Waals surface area contributed by atoms with Crippen molar-refractivity contribution in [2.75, 3.05) is 0 Å². The number of nitrogens with zero attached hydrogens (tertiary/aromatic N) is 1. The molecule has 6 heavy (non-hydrogen) atoms. The van der Waals surface area contributed by atoms with Crippen LogP contribution in [0.5, 0.6) is 0 Å². The zero-order chi connectivity index (χ0) is 4.99. The van der Waals surface area contributed by atoms with E-state index in [1.807, 2.05) is 13.1 Å². The average Bonchev–Trinajstić information content (AvgIpc) is 1.35. The summed E-state index contributed by atoms with van der Waals surface area (Å²) in [5, 5.41) is 0. The molecule has 0 aromatic carbocycles. The highest BCUT2D eigenvalue weighted by molar-refractivity contribution is 5.53. The first kappa shape index (κ1) is 5.67. The van der Waals surface area contributed by atoms with Crippen molar-refractivity contribution in [1.82, 2.24) is 0 Å². The molecule has 0 aromatic rings. The predicted molar refractivity (Wildman–Crippen MR) is 29.3 cm³/mol. The summed E-state index contributed by atoms with van der Waals surface area (Å²) >= 11 is 0. The summed E-state index contributed by atoms with van der Waals surface area (Å²) in [5.74, 6) is 0. The van der Waals surface area contributed by atoms with Gasteiger partial charge in [0, 0.05) is 6.04 Å². The molecule has 0 rings (SSSR count). The topological polar surface area (TPSA) is 12.4 Å². The van der Waals surface area contributed by atoms with Crippen molar-refractivity contribution < 1.29 is 0 Å². The van der Waals surface area contributed by atoms with E-state index in [0.29, 0.717) is 6.04 Å². The van der Waals surface area contributed by atoms with E-state index in [0.717, 1.165) is 0 Å². The van der Waals surface area contributed by atoms with Crippen molar-refractivity contribution in [2.45, 2.75) is 26.8 Å². The highest BCUT2D eigenvalue weighted by Gasteiger charge is 1.76. The molecule has 36 valence electrons. The molecule has 0 amide bonds. The molecule has 0 saturated carbocycles. The molecule has 1 heteroatoms. The highest BCUT2D eigenvalue weighted by Crippen LogP contribution is 1.80. The molecule has 1 nitrogen and oxygen atoms in total.